The molecule has 2 rings (SSSR count). The number of carbonyl (C=O) groups excluding carboxylic acids is 1. The molecule has 1 saturated heterocycles. The minimum Gasteiger partial charge on any atom is -0.351 e. The molecule has 2 N–H and O–H groups in total. The monoisotopic (exact) mass is 265 g/mol. The molecule has 0 bridgehead atoms. The second-order valence-electron chi connectivity index (χ2n) is 4.96. The summed E-state index contributed by atoms with van der Waals surface area (Å²) in [6.07, 6.45) is 1.09. The summed E-state index contributed by atoms with van der Waals surface area (Å²) in [4.78, 5) is 13.9. The molecule has 4 nitrogen and oxygen atoms in total. The molecule has 1 fully saturated rings. The van der Waals surface area contributed by atoms with Gasteiger partial charge in [0.05, 0.1) is 6.54 Å². The number of benzene rings is 1. The zero-order valence-corrected chi connectivity index (χ0v) is 11.2. The Kier molecular flexibility index (Phi) is 4.87. The number of nitrogens with zero attached hydrogens (tertiary/aromatic N) is 1. The molecule has 0 aromatic heterocycles. The van der Waals surface area contributed by atoms with Crippen molar-refractivity contribution in [2.75, 3.05) is 26.7 Å². The Morgan fingerprint density at radius 1 is 1.47 bits per heavy atom. The maximum atomic E-state index is 12.7. The number of hydrogen-bond donors (Lipinski definition) is 2. The average Bonchev–Trinajstić information content (AvgIpc) is 2.92. The SMILES string of the molecule is CN(CC(=O)NCc1ccc(F)cc1)C1CCNC1. The minimum atomic E-state index is -0.261. The molecular formula is C14H20FN3O. The number of rotatable bonds is 5. The van der Waals surface area contributed by atoms with Crippen molar-refractivity contribution in [2.45, 2.75) is 19.0 Å². The fourth-order valence-electron chi connectivity index (χ4n) is 2.23. The van der Waals surface area contributed by atoms with E-state index in [1.54, 1.807) is 12.1 Å². The molecule has 1 heterocycles. The summed E-state index contributed by atoms with van der Waals surface area (Å²) in [6, 6.07) is 6.60. The molecule has 1 unspecified atom stereocenters. The van der Waals surface area contributed by atoms with Crippen LogP contribution in [0, 0.1) is 5.82 Å². The van der Waals surface area contributed by atoms with Gasteiger partial charge in [0.15, 0.2) is 0 Å². The van der Waals surface area contributed by atoms with Crippen LogP contribution in [0.2, 0.25) is 0 Å². The fourth-order valence-corrected chi connectivity index (χ4v) is 2.23. The van der Waals surface area contributed by atoms with Crippen molar-refractivity contribution >= 4 is 5.91 Å². The fraction of sp³-hybridized carbons (Fsp3) is 0.500. The van der Waals surface area contributed by atoms with Crippen LogP contribution in [0.5, 0.6) is 0 Å². The van der Waals surface area contributed by atoms with E-state index in [2.05, 4.69) is 15.5 Å². The Bertz CT molecular complexity index is 415. The van der Waals surface area contributed by atoms with Crippen LogP contribution in [0.1, 0.15) is 12.0 Å². The lowest BCUT2D eigenvalue weighted by atomic mass is 10.2. The molecule has 0 spiro atoms. The highest BCUT2D eigenvalue weighted by Gasteiger charge is 2.20. The summed E-state index contributed by atoms with van der Waals surface area (Å²) in [5.41, 5.74) is 0.903. The highest BCUT2D eigenvalue weighted by atomic mass is 19.1. The predicted molar refractivity (Wildman–Crippen MR) is 72.2 cm³/mol. The summed E-state index contributed by atoms with van der Waals surface area (Å²) >= 11 is 0. The molecule has 0 aliphatic carbocycles. The van der Waals surface area contributed by atoms with E-state index >= 15 is 0 Å². The summed E-state index contributed by atoms with van der Waals surface area (Å²) in [5, 5.41) is 6.13. The number of amides is 1. The molecule has 104 valence electrons. The lowest BCUT2D eigenvalue weighted by molar-refractivity contribution is -0.122. The quantitative estimate of drug-likeness (QED) is 0.825. The number of halogens is 1. The maximum Gasteiger partial charge on any atom is 0.234 e. The van der Waals surface area contributed by atoms with E-state index in [9.17, 15) is 9.18 Å². The van der Waals surface area contributed by atoms with Crippen molar-refractivity contribution in [3.63, 3.8) is 0 Å². The summed E-state index contributed by atoms with van der Waals surface area (Å²) in [5.74, 6) is -0.262. The Morgan fingerprint density at radius 3 is 2.84 bits per heavy atom. The van der Waals surface area contributed by atoms with Crippen LogP contribution < -0.4 is 10.6 Å². The Labute approximate surface area is 113 Å². The summed E-state index contributed by atoms with van der Waals surface area (Å²) in [6.45, 7) is 2.80. The molecule has 1 atom stereocenters. The summed E-state index contributed by atoms with van der Waals surface area (Å²) < 4.78 is 12.7. The Morgan fingerprint density at radius 2 is 2.21 bits per heavy atom. The van der Waals surface area contributed by atoms with Gasteiger partial charge in [0.2, 0.25) is 5.91 Å². The van der Waals surface area contributed by atoms with Gasteiger partial charge in [-0.05, 0) is 37.7 Å². The molecule has 1 amide bonds. The molecular weight excluding hydrogens is 245 g/mol. The second kappa shape index (κ2) is 6.63. The van der Waals surface area contributed by atoms with Crippen molar-refractivity contribution in [3.05, 3.63) is 35.6 Å². The molecule has 5 heteroatoms. The topological polar surface area (TPSA) is 44.4 Å². The van der Waals surface area contributed by atoms with Crippen LogP contribution in [0.25, 0.3) is 0 Å². The number of carbonyl (C=O) groups is 1. The molecule has 1 aliphatic heterocycles. The molecule has 1 aliphatic rings. The number of likely N-dealkylation sites (N-methyl/N-ethyl adjacent to an activating group) is 1. The maximum absolute atomic E-state index is 12.7. The van der Waals surface area contributed by atoms with Crippen molar-refractivity contribution in [1.29, 1.82) is 0 Å². The minimum absolute atomic E-state index is 0.00118. The van der Waals surface area contributed by atoms with Crippen LogP contribution in [-0.2, 0) is 11.3 Å². The third-order valence-electron chi connectivity index (χ3n) is 3.45. The smallest absolute Gasteiger partial charge is 0.234 e. The largest absolute Gasteiger partial charge is 0.351 e. The number of nitrogens with one attached hydrogen (secondary N) is 2. The third kappa shape index (κ3) is 4.29. The van der Waals surface area contributed by atoms with Gasteiger partial charge in [0.1, 0.15) is 5.82 Å². The van der Waals surface area contributed by atoms with Gasteiger partial charge in [-0.15, -0.1) is 0 Å². The first-order valence-electron chi connectivity index (χ1n) is 6.57. The first kappa shape index (κ1) is 14.0. The van der Waals surface area contributed by atoms with Gasteiger partial charge in [0.25, 0.3) is 0 Å². The number of hydrogen-bond acceptors (Lipinski definition) is 3. The lowest BCUT2D eigenvalue weighted by Gasteiger charge is -2.22. The van der Waals surface area contributed by atoms with Gasteiger partial charge < -0.3 is 10.6 Å². The Balaban J connectivity index is 1.73. The van der Waals surface area contributed by atoms with Crippen LogP contribution in [0.15, 0.2) is 24.3 Å². The van der Waals surface area contributed by atoms with Crippen LogP contribution >= 0.6 is 0 Å². The van der Waals surface area contributed by atoms with Crippen molar-refractivity contribution in [2.24, 2.45) is 0 Å². The average molecular weight is 265 g/mol. The highest BCUT2D eigenvalue weighted by Crippen LogP contribution is 2.05. The van der Waals surface area contributed by atoms with E-state index in [4.69, 9.17) is 0 Å². The van der Waals surface area contributed by atoms with Gasteiger partial charge in [-0.3, -0.25) is 9.69 Å². The van der Waals surface area contributed by atoms with Crippen LogP contribution in [-0.4, -0.2) is 43.5 Å². The van der Waals surface area contributed by atoms with Gasteiger partial charge >= 0.3 is 0 Å². The van der Waals surface area contributed by atoms with Gasteiger partial charge in [-0.1, -0.05) is 12.1 Å². The zero-order chi connectivity index (χ0) is 13.7. The van der Waals surface area contributed by atoms with E-state index in [0.717, 1.165) is 25.1 Å². The predicted octanol–water partition coefficient (Wildman–Crippen LogP) is 0.736. The molecule has 1 aromatic carbocycles. The second-order valence-corrected chi connectivity index (χ2v) is 4.96. The standard InChI is InChI=1S/C14H20FN3O/c1-18(13-6-7-16-9-13)10-14(19)17-8-11-2-4-12(15)5-3-11/h2-5,13,16H,6-10H2,1H3,(H,17,19). The van der Waals surface area contributed by atoms with Gasteiger partial charge in [-0.2, -0.15) is 0 Å². The normalized spacial score (nSPS) is 18.8. The first-order valence-corrected chi connectivity index (χ1v) is 6.57. The van der Waals surface area contributed by atoms with Crippen molar-refractivity contribution < 1.29 is 9.18 Å². The Hall–Kier alpha value is -1.46. The highest BCUT2D eigenvalue weighted by molar-refractivity contribution is 5.78. The first-order chi connectivity index (χ1) is 9.15. The lowest BCUT2D eigenvalue weighted by Crippen LogP contribution is -2.41. The van der Waals surface area contributed by atoms with E-state index < -0.39 is 0 Å². The zero-order valence-electron chi connectivity index (χ0n) is 11.2. The van der Waals surface area contributed by atoms with E-state index in [0.29, 0.717) is 19.1 Å². The van der Waals surface area contributed by atoms with Gasteiger partial charge in [-0.25, -0.2) is 4.39 Å². The molecule has 0 radical (unpaired) electrons. The van der Waals surface area contributed by atoms with E-state index in [1.807, 2.05) is 7.05 Å². The van der Waals surface area contributed by atoms with Crippen molar-refractivity contribution in [3.8, 4) is 0 Å². The molecule has 19 heavy (non-hydrogen) atoms. The van der Waals surface area contributed by atoms with Crippen molar-refractivity contribution in [1.82, 2.24) is 15.5 Å². The van der Waals surface area contributed by atoms with Gasteiger partial charge in [0, 0.05) is 19.1 Å². The molecule has 1 aromatic rings. The summed E-state index contributed by atoms with van der Waals surface area (Å²) in [7, 11) is 1.97. The van der Waals surface area contributed by atoms with Crippen LogP contribution in [0.3, 0.4) is 0 Å². The molecule has 0 saturated carbocycles. The van der Waals surface area contributed by atoms with E-state index in [-0.39, 0.29) is 11.7 Å². The third-order valence-corrected chi connectivity index (χ3v) is 3.45. The van der Waals surface area contributed by atoms with E-state index in [1.165, 1.54) is 12.1 Å². The van der Waals surface area contributed by atoms with Crippen LogP contribution in [0.4, 0.5) is 4.39 Å².